The fourth-order valence-electron chi connectivity index (χ4n) is 1.37. The molecule has 0 amide bonds. The van der Waals surface area contributed by atoms with Crippen LogP contribution in [0.2, 0.25) is 0 Å². The zero-order chi connectivity index (χ0) is 14.2. The Kier molecular flexibility index (Phi) is 3.72. The van der Waals surface area contributed by atoms with Crippen molar-refractivity contribution in [1.82, 2.24) is 10.2 Å². The zero-order valence-electron chi connectivity index (χ0n) is 9.43. The molecule has 0 fully saturated rings. The van der Waals surface area contributed by atoms with Crippen LogP contribution in [0.4, 0.5) is 14.5 Å². The summed E-state index contributed by atoms with van der Waals surface area (Å²) in [5, 5.41) is 18.0. The second kappa shape index (κ2) is 5.14. The molecule has 5 nitrogen and oxygen atoms in total. The van der Waals surface area contributed by atoms with Crippen molar-refractivity contribution in [3.05, 3.63) is 38.9 Å². The highest BCUT2D eigenvalue weighted by Gasteiger charge is 2.23. The topological polar surface area (TPSA) is 68.9 Å². The molecule has 0 N–H and O–H groups in total. The van der Waals surface area contributed by atoms with Crippen LogP contribution in [-0.4, -0.2) is 15.1 Å². The number of alkyl halides is 1. The molecule has 0 radical (unpaired) electrons. The van der Waals surface area contributed by atoms with Crippen molar-refractivity contribution < 1.29 is 13.7 Å². The van der Waals surface area contributed by atoms with Crippen LogP contribution in [0.5, 0.6) is 0 Å². The van der Waals surface area contributed by atoms with Gasteiger partial charge in [-0.05, 0) is 13.0 Å². The fraction of sp³-hybridized carbons (Fsp3) is 0.200. The standard InChI is InChI=1S/C10H6ClF2N3O2S/c1-4(11)9-14-15-10(19-9)6-2-5(12)3-7(8(6)13)16(17)18/h2-4H,1H3. The average Bonchev–Trinajstić information content (AvgIpc) is 2.80. The van der Waals surface area contributed by atoms with E-state index >= 15 is 0 Å². The Balaban J connectivity index is 2.58. The lowest BCUT2D eigenvalue weighted by Crippen LogP contribution is -1.96. The van der Waals surface area contributed by atoms with Gasteiger partial charge in [0.05, 0.1) is 21.9 Å². The average molecular weight is 306 g/mol. The Bertz CT molecular complexity index is 648. The molecular formula is C10H6ClF2N3O2S. The van der Waals surface area contributed by atoms with Gasteiger partial charge in [0, 0.05) is 0 Å². The summed E-state index contributed by atoms with van der Waals surface area (Å²) >= 11 is 6.74. The van der Waals surface area contributed by atoms with Gasteiger partial charge in [0.15, 0.2) is 5.01 Å². The Hall–Kier alpha value is -1.67. The molecule has 0 aliphatic heterocycles. The number of benzene rings is 1. The molecule has 19 heavy (non-hydrogen) atoms. The molecular weight excluding hydrogens is 300 g/mol. The van der Waals surface area contributed by atoms with Gasteiger partial charge in [-0.1, -0.05) is 11.3 Å². The minimum atomic E-state index is -1.14. The normalized spacial score (nSPS) is 12.4. The SMILES string of the molecule is CC(Cl)c1nnc(-c2cc(F)cc([N+](=O)[O-])c2F)s1. The van der Waals surface area contributed by atoms with Gasteiger partial charge >= 0.3 is 5.69 Å². The molecule has 0 saturated carbocycles. The largest absolute Gasteiger partial charge is 0.308 e. The van der Waals surface area contributed by atoms with Crippen LogP contribution >= 0.6 is 22.9 Å². The molecule has 9 heteroatoms. The Labute approximate surface area is 115 Å². The van der Waals surface area contributed by atoms with Crippen molar-refractivity contribution in [3.63, 3.8) is 0 Å². The van der Waals surface area contributed by atoms with Gasteiger partial charge in [-0.2, -0.15) is 4.39 Å². The first-order valence-corrected chi connectivity index (χ1v) is 6.26. The van der Waals surface area contributed by atoms with Crippen LogP contribution in [0.3, 0.4) is 0 Å². The van der Waals surface area contributed by atoms with E-state index in [1.54, 1.807) is 6.92 Å². The first-order chi connectivity index (χ1) is 8.90. The van der Waals surface area contributed by atoms with Gasteiger partial charge < -0.3 is 0 Å². The van der Waals surface area contributed by atoms with Crippen LogP contribution in [0.15, 0.2) is 12.1 Å². The zero-order valence-corrected chi connectivity index (χ0v) is 11.0. The van der Waals surface area contributed by atoms with Gasteiger partial charge in [-0.3, -0.25) is 10.1 Å². The van der Waals surface area contributed by atoms with Crippen molar-refractivity contribution in [1.29, 1.82) is 0 Å². The first-order valence-electron chi connectivity index (χ1n) is 5.01. The van der Waals surface area contributed by atoms with Crippen molar-refractivity contribution in [2.45, 2.75) is 12.3 Å². The van der Waals surface area contributed by atoms with Gasteiger partial charge in [-0.15, -0.1) is 21.8 Å². The van der Waals surface area contributed by atoms with Crippen LogP contribution in [0, 0.1) is 21.7 Å². The van der Waals surface area contributed by atoms with Gasteiger partial charge in [0.25, 0.3) is 0 Å². The molecule has 2 rings (SSSR count). The van der Waals surface area contributed by atoms with E-state index in [1.165, 1.54) is 0 Å². The Morgan fingerprint density at radius 2 is 2.11 bits per heavy atom. The minimum Gasteiger partial charge on any atom is -0.258 e. The molecule has 0 aliphatic carbocycles. The predicted octanol–water partition coefficient (Wildman–Crippen LogP) is 3.69. The lowest BCUT2D eigenvalue weighted by atomic mass is 10.2. The van der Waals surface area contributed by atoms with Crippen molar-refractivity contribution >= 4 is 28.6 Å². The molecule has 100 valence electrons. The van der Waals surface area contributed by atoms with Crippen molar-refractivity contribution in [3.8, 4) is 10.6 Å². The van der Waals surface area contributed by atoms with E-state index in [4.69, 9.17) is 11.6 Å². The number of nitrogens with zero attached hydrogens (tertiary/aromatic N) is 3. The van der Waals surface area contributed by atoms with E-state index in [2.05, 4.69) is 10.2 Å². The molecule has 2 aromatic rings. The third kappa shape index (κ3) is 2.69. The lowest BCUT2D eigenvalue weighted by Gasteiger charge is -2.00. The molecule has 1 atom stereocenters. The molecule has 1 aromatic carbocycles. The first kappa shape index (κ1) is 13.8. The van der Waals surface area contributed by atoms with Crippen LogP contribution < -0.4 is 0 Å². The summed E-state index contributed by atoms with van der Waals surface area (Å²) in [5.41, 5.74) is -1.24. The monoisotopic (exact) mass is 305 g/mol. The summed E-state index contributed by atoms with van der Waals surface area (Å²) in [6.07, 6.45) is 0. The second-order valence-electron chi connectivity index (χ2n) is 3.61. The minimum absolute atomic E-state index is 0.0441. The van der Waals surface area contributed by atoms with E-state index in [0.717, 1.165) is 17.4 Å². The van der Waals surface area contributed by atoms with E-state index < -0.39 is 27.6 Å². The predicted molar refractivity (Wildman–Crippen MR) is 66.2 cm³/mol. The maximum atomic E-state index is 13.9. The number of hydrogen-bond donors (Lipinski definition) is 0. The van der Waals surface area contributed by atoms with Crippen LogP contribution in [0.1, 0.15) is 17.3 Å². The maximum Gasteiger partial charge on any atom is 0.308 e. The number of nitro benzene ring substituents is 1. The van der Waals surface area contributed by atoms with Gasteiger partial charge in [0.2, 0.25) is 5.82 Å². The second-order valence-corrected chi connectivity index (χ2v) is 5.27. The molecule has 1 aromatic heterocycles. The highest BCUT2D eigenvalue weighted by molar-refractivity contribution is 7.15. The fourth-order valence-corrected chi connectivity index (χ4v) is 2.33. The lowest BCUT2D eigenvalue weighted by molar-refractivity contribution is -0.387. The molecule has 0 saturated heterocycles. The van der Waals surface area contributed by atoms with E-state index in [9.17, 15) is 18.9 Å². The number of nitro groups is 1. The molecule has 0 spiro atoms. The third-order valence-electron chi connectivity index (χ3n) is 2.23. The third-order valence-corrected chi connectivity index (χ3v) is 3.70. The molecule has 1 heterocycles. The van der Waals surface area contributed by atoms with Gasteiger partial charge in [0.1, 0.15) is 10.8 Å². The Morgan fingerprint density at radius 3 is 2.63 bits per heavy atom. The summed E-state index contributed by atoms with van der Waals surface area (Å²) in [6.45, 7) is 1.65. The maximum absolute atomic E-state index is 13.9. The van der Waals surface area contributed by atoms with E-state index in [0.29, 0.717) is 11.1 Å². The molecule has 1 unspecified atom stereocenters. The van der Waals surface area contributed by atoms with Gasteiger partial charge in [-0.25, -0.2) is 4.39 Å². The summed E-state index contributed by atoms with van der Waals surface area (Å²) in [7, 11) is 0. The molecule has 0 aliphatic rings. The van der Waals surface area contributed by atoms with Crippen molar-refractivity contribution in [2.75, 3.05) is 0 Å². The number of rotatable bonds is 3. The smallest absolute Gasteiger partial charge is 0.258 e. The van der Waals surface area contributed by atoms with Crippen LogP contribution in [0.25, 0.3) is 10.6 Å². The molecule has 0 bridgehead atoms. The summed E-state index contributed by atoms with van der Waals surface area (Å²) < 4.78 is 27.2. The summed E-state index contributed by atoms with van der Waals surface area (Å²) in [5.74, 6) is -2.06. The summed E-state index contributed by atoms with van der Waals surface area (Å²) in [6, 6.07) is 1.36. The number of aromatic nitrogens is 2. The quantitative estimate of drug-likeness (QED) is 0.492. The highest BCUT2D eigenvalue weighted by Crippen LogP contribution is 2.34. The summed E-state index contributed by atoms with van der Waals surface area (Å²) in [4.78, 5) is 9.62. The number of hydrogen-bond acceptors (Lipinski definition) is 5. The number of halogens is 3. The van der Waals surface area contributed by atoms with E-state index in [-0.39, 0.29) is 10.6 Å². The van der Waals surface area contributed by atoms with Crippen molar-refractivity contribution in [2.24, 2.45) is 0 Å². The Morgan fingerprint density at radius 1 is 1.42 bits per heavy atom. The highest BCUT2D eigenvalue weighted by atomic mass is 35.5. The van der Waals surface area contributed by atoms with Crippen LogP contribution in [-0.2, 0) is 0 Å². The van der Waals surface area contributed by atoms with E-state index in [1.807, 2.05) is 0 Å².